The van der Waals surface area contributed by atoms with Crippen LogP contribution in [0.2, 0.25) is 0 Å². The standard InChI is InChI=1S/C12H17N3O3S2/c1-12(16)4-7-15(8-5-12)20(17,18)9-3-2-6-14-10(9)11(13)19/h2-3,6,16H,4-5,7-8H2,1H3,(H2,13,19). The van der Waals surface area contributed by atoms with E-state index in [0.29, 0.717) is 12.8 Å². The highest BCUT2D eigenvalue weighted by atomic mass is 32.2. The summed E-state index contributed by atoms with van der Waals surface area (Å²) < 4.78 is 26.6. The zero-order valence-electron chi connectivity index (χ0n) is 11.1. The van der Waals surface area contributed by atoms with Gasteiger partial charge in [0.25, 0.3) is 0 Å². The van der Waals surface area contributed by atoms with Crippen molar-refractivity contribution in [1.82, 2.24) is 9.29 Å². The molecule has 0 spiro atoms. The Labute approximate surface area is 123 Å². The topological polar surface area (TPSA) is 96.5 Å². The maximum absolute atomic E-state index is 12.6. The van der Waals surface area contributed by atoms with Gasteiger partial charge in [-0.05, 0) is 31.9 Å². The second-order valence-corrected chi connectivity index (χ2v) is 7.46. The smallest absolute Gasteiger partial charge is 0.245 e. The average Bonchev–Trinajstić information content (AvgIpc) is 2.38. The molecule has 6 nitrogen and oxygen atoms in total. The SMILES string of the molecule is CC1(O)CCN(S(=O)(=O)c2cccnc2C(N)=S)CC1. The number of nitrogens with zero attached hydrogens (tertiary/aromatic N) is 2. The fraction of sp³-hybridized carbons (Fsp3) is 0.500. The van der Waals surface area contributed by atoms with E-state index in [1.807, 2.05) is 0 Å². The fourth-order valence-electron chi connectivity index (χ4n) is 2.13. The molecule has 110 valence electrons. The lowest BCUT2D eigenvalue weighted by atomic mass is 9.95. The Morgan fingerprint density at radius 3 is 2.65 bits per heavy atom. The van der Waals surface area contributed by atoms with Crippen molar-refractivity contribution < 1.29 is 13.5 Å². The maximum Gasteiger partial charge on any atom is 0.245 e. The molecule has 1 aliphatic rings. The van der Waals surface area contributed by atoms with Crippen molar-refractivity contribution in [2.24, 2.45) is 5.73 Å². The molecule has 0 amide bonds. The second kappa shape index (κ2) is 5.36. The van der Waals surface area contributed by atoms with Crippen molar-refractivity contribution in [2.75, 3.05) is 13.1 Å². The lowest BCUT2D eigenvalue weighted by molar-refractivity contribution is 0.0126. The molecule has 1 aromatic heterocycles. The van der Waals surface area contributed by atoms with Crippen LogP contribution in [0.15, 0.2) is 23.2 Å². The predicted octanol–water partition coefficient (Wildman–Crippen LogP) is 0.251. The predicted molar refractivity (Wildman–Crippen MR) is 78.7 cm³/mol. The average molecular weight is 315 g/mol. The van der Waals surface area contributed by atoms with Crippen molar-refractivity contribution in [3.63, 3.8) is 0 Å². The molecule has 3 N–H and O–H groups in total. The summed E-state index contributed by atoms with van der Waals surface area (Å²) in [6.07, 6.45) is 2.25. The number of rotatable bonds is 3. The van der Waals surface area contributed by atoms with E-state index >= 15 is 0 Å². The van der Waals surface area contributed by atoms with E-state index in [9.17, 15) is 13.5 Å². The molecule has 2 heterocycles. The van der Waals surface area contributed by atoms with Gasteiger partial charge < -0.3 is 10.8 Å². The first-order valence-electron chi connectivity index (χ1n) is 6.21. The van der Waals surface area contributed by atoms with E-state index in [-0.39, 0.29) is 28.7 Å². The van der Waals surface area contributed by atoms with Crippen molar-refractivity contribution in [3.8, 4) is 0 Å². The van der Waals surface area contributed by atoms with Gasteiger partial charge in [-0.3, -0.25) is 4.98 Å². The number of aromatic nitrogens is 1. The number of hydrogen-bond donors (Lipinski definition) is 2. The first-order valence-corrected chi connectivity index (χ1v) is 8.06. The molecule has 0 bridgehead atoms. The van der Waals surface area contributed by atoms with Gasteiger partial charge in [-0.15, -0.1) is 0 Å². The largest absolute Gasteiger partial charge is 0.390 e. The molecular formula is C12H17N3O3S2. The number of sulfonamides is 1. The maximum atomic E-state index is 12.6. The number of pyridine rings is 1. The van der Waals surface area contributed by atoms with Crippen LogP contribution in [0.25, 0.3) is 0 Å². The van der Waals surface area contributed by atoms with Gasteiger partial charge in [-0.2, -0.15) is 4.31 Å². The molecule has 1 aromatic rings. The highest BCUT2D eigenvalue weighted by molar-refractivity contribution is 7.89. The molecule has 0 atom stereocenters. The normalized spacial score (nSPS) is 19.7. The first-order chi connectivity index (χ1) is 9.24. The lowest BCUT2D eigenvalue weighted by Crippen LogP contribution is -2.45. The van der Waals surface area contributed by atoms with Crippen molar-refractivity contribution in [1.29, 1.82) is 0 Å². The Morgan fingerprint density at radius 1 is 1.50 bits per heavy atom. The molecular weight excluding hydrogens is 298 g/mol. The minimum absolute atomic E-state index is 0.0223. The molecule has 1 fully saturated rings. The summed E-state index contributed by atoms with van der Waals surface area (Å²) in [4.78, 5) is 3.92. The van der Waals surface area contributed by atoms with Gasteiger partial charge in [0.15, 0.2) is 0 Å². The van der Waals surface area contributed by atoms with Crippen LogP contribution in [-0.2, 0) is 10.0 Å². The summed E-state index contributed by atoms with van der Waals surface area (Å²) in [5.74, 6) is 0. The summed E-state index contributed by atoms with van der Waals surface area (Å²) in [6.45, 7) is 2.24. The van der Waals surface area contributed by atoms with Gasteiger partial charge in [0.2, 0.25) is 10.0 Å². The van der Waals surface area contributed by atoms with E-state index in [1.165, 1.54) is 22.6 Å². The van der Waals surface area contributed by atoms with E-state index in [0.717, 1.165) is 0 Å². The number of piperidine rings is 1. The zero-order valence-corrected chi connectivity index (χ0v) is 12.7. The number of hydrogen-bond acceptors (Lipinski definition) is 5. The summed E-state index contributed by atoms with van der Waals surface area (Å²) in [7, 11) is -3.70. The van der Waals surface area contributed by atoms with Crippen LogP contribution in [0.1, 0.15) is 25.5 Å². The summed E-state index contributed by atoms with van der Waals surface area (Å²) in [5, 5.41) is 9.90. The quantitative estimate of drug-likeness (QED) is 0.776. The molecule has 20 heavy (non-hydrogen) atoms. The van der Waals surface area contributed by atoms with Gasteiger partial charge in [-0.1, -0.05) is 12.2 Å². The van der Waals surface area contributed by atoms with Crippen molar-refractivity contribution in [3.05, 3.63) is 24.0 Å². The van der Waals surface area contributed by atoms with Crippen LogP contribution in [-0.4, -0.2) is 46.5 Å². The van der Waals surface area contributed by atoms with Crippen LogP contribution in [0.3, 0.4) is 0 Å². The van der Waals surface area contributed by atoms with Crippen molar-refractivity contribution >= 4 is 27.2 Å². The number of aliphatic hydroxyl groups is 1. The molecule has 1 saturated heterocycles. The van der Waals surface area contributed by atoms with E-state index in [1.54, 1.807) is 6.92 Å². The zero-order chi connectivity index (χ0) is 15.0. The van der Waals surface area contributed by atoms with E-state index in [2.05, 4.69) is 4.98 Å². The third-order valence-corrected chi connectivity index (χ3v) is 5.55. The molecule has 0 aliphatic carbocycles. The molecule has 2 rings (SSSR count). The molecule has 0 saturated carbocycles. The van der Waals surface area contributed by atoms with Gasteiger partial charge in [-0.25, -0.2) is 8.42 Å². The lowest BCUT2D eigenvalue weighted by Gasteiger charge is -2.35. The second-order valence-electron chi connectivity index (χ2n) is 5.12. The fourth-order valence-corrected chi connectivity index (χ4v) is 3.96. The molecule has 0 unspecified atom stereocenters. The van der Waals surface area contributed by atoms with Gasteiger partial charge in [0.05, 0.1) is 5.60 Å². The summed E-state index contributed by atoms with van der Waals surface area (Å²) >= 11 is 4.85. The van der Waals surface area contributed by atoms with Crippen LogP contribution in [0.5, 0.6) is 0 Å². The van der Waals surface area contributed by atoms with E-state index in [4.69, 9.17) is 18.0 Å². The van der Waals surface area contributed by atoms with E-state index < -0.39 is 15.6 Å². The van der Waals surface area contributed by atoms with Gasteiger partial charge in [0, 0.05) is 19.3 Å². The Balaban J connectivity index is 2.35. The third kappa shape index (κ3) is 2.98. The Hall–Kier alpha value is -1.09. The molecule has 1 aliphatic heterocycles. The Bertz CT molecular complexity index is 619. The number of thiocarbonyl (C=S) groups is 1. The molecule has 0 radical (unpaired) electrons. The van der Waals surface area contributed by atoms with Crippen LogP contribution >= 0.6 is 12.2 Å². The van der Waals surface area contributed by atoms with Crippen LogP contribution in [0, 0.1) is 0 Å². The third-order valence-electron chi connectivity index (χ3n) is 3.42. The first kappa shape index (κ1) is 15.3. The van der Waals surface area contributed by atoms with Crippen molar-refractivity contribution in [2.45, 2.75) is 30.3 Å². The molecule has 8 heteroatoms. The van der Waals surface area contributed by atoms with Crippen LogP contribution < -0.4 is 5.73 Å². The minimum atomic E-state index is -3.70. The summed E-state index contributed by atoms with van der Waals surface area (Å²) in [6, 6.07) is 2.98. The summed E-state index contributed by atoms with van der Waals surface area (Å²) in [5.41, 5.74) is 4.83. The van der Waals surface area contributed by atoms with Gasteiger partial charge >= 0.3 is 0 Å². The molecule has 0 aromatic carbocycles. The Kier molecular flexibility index (Phi) is 4.10. The number of nitrogens with two attached hydrogens (primary N) is 1. The highest BCUT2D eigenvalue weighted by Gasteiger charge is 2.35. The van der Waals surface area contributed by atoms with Crippen LogP contribution in [0.4, 0.5) is 0 Å². The highest BCUT2D eigenvalue weighted by Crippen LogP contribution is 2.27. The van der Waals surface area contributed by atoms with Gasteiger partial charge in [0.1, 0.15) is 15.6 Å². The monoisotopic (exact) mass is 315 g/mol. The minimum Gasteiger partial charge on any atom is -0.390 e. The Morgan fingerprint density at radius 2 is 2.10 bits per heavy atom.